The Morgan fingerprint density at radius 1 is 1.20 bits per heavy atom. The number of aromatic nitrogens is 4. The summed E-state index contributed by atoms with van der Waals surface area (Å²) >= 11 is 2.89. The Hall–Kier alpha value is -2.91. The smallest absolute Gasteiger partial charge is 0.233 e. The van der Waals surface area contributed by atoms with Gasteiger partial charge in [0.1, 0.15) is 5.01 Å². The van der Waals surface area contributed by atoms with Crippen molar-refractivity contribution in [3.8, 4) is 11.4 Å². The maximum Gasteiger partial charge on any atom is 0.233 e. The molecule has 0 aliphatic rings. The molecule has 9 heteroatoms. The van der Waals surface area contributed by atoms with E-state index in [0.29, 0.717) is 11.0 Å². The van der Waals surface area contributed by atoms with Crippen LogP contribution in [-0.2, 0) is 4.79 Å². The van der Waals surface area contributed by atoms with Gasteiger partial charge in [-0.1, -0.05) is 53.7 Å². The van der Waals surface area contributed by atoms with Gasteiger partial charge in [0.2, 0.25) is 11.1 Å². The van der Waals surface area contributed by atoms with Gasteiger partial charge in [-0.05, 0) is 26.0 Å². The summed E-state index contributed by atoms with van der Waals surface area (Å²) < 4.78 is 2.55. The molecule has 0 bridgehead atoms. The van der Waals surface area contributed by atoms with Crippen LogP contribution in [0.5, 0.6) is 0 Å². The van der Waals surface area contributed by atoms with Crippen molar-refractivity contribution in [2.24, 2.45) is 0 Å². The maximum atomic E-state index is 12.8. The molecule has 1 unspecified atom stereocenters. The number of rotatable bonds is 6. The molecule has 0 aliphatic carbocycles. The number of amides is 1. The molecule has 7 nitrogen and oxygen atoms in total. The molecule has 0 radical (unpaired) electrons. The molecular formula is C21H22N6OS2. The fraction of sp³-hybridized carbons (Fsp3) is 0.238. The van der Waals surface area contributed by atoms with Crippen molar-refractivity contribution in [2.45, 2.75) is 25.0 Å². The summed E-state index contributed by atoms with van der Waals surface area (Å²) in [5, 5.41) is 9.74. The van der Waals surface area contributed by atoms with Gasteiger partial charge in [-0.15, -0.1) is 21.5 Å². The van der Waals surface area contributed by atoms with Gasteiger partial charge in [0.15, 0.2) is 5.82 Å². The maximum absolute atomic E-state index is 12.8. The molecule has 0 aliphatic heterocycles. The number of thiazole rings is 1. The van der Waals surface area contributed by atoms with E-state index in [1.807, 2.05) is 62.4 Å². The van der Waals surface area contributed by atoms with Crippen molar-refractivity contribution < 1.29 is 4.79 Å². The Morgan fingerprint density at radius 3 is 2.67 bits per heavy atom. The summed E-state index contributed by atoms with van der Waals surface area (Å²) in [6.07, 6.45) is 0. The summed E-state index contributed by atoms with van der Waals surface area (Å²) in [5.41, 5.74) is 3.00. The van der Waals surface area contributed by atoms with Gasteiger partial charge in [0.05, 0.1) is 22.0 Å². The second-order valence-electron chi connectivity index (χ2n) is 7.03. The van der Waals surface area contributed by atoms with E-state index >= 15 is 0 Å². The molecule has 0 saturated heterocycles. The monoisotopic (exact) mass is 438 g/mol. The minimum Gasteiger partial charge on any atom is -0.336 e. The Balaban J connectivity index is 1.42. The molecule has 0 fully saturated rings. The molecule has 2 aromatic carbocycles. The van der Waals surface area contributed by atoms with Crippen molar-refractivity contribution in [2.75, 3.05) is 18.6 Å². The van der Waals surface area contributed by atoms with E-state index in [1.54, 1.807) is 23.3 Å². The molecular weight excluding hydrogens is 416 g/mol. The van der Waals surface area contributed by atoms with Crippen LogP contribution >= 0.6 is 23.1 Å². The van der Waals surface area contributed by atoms with Crippen LogP contribution in [0.4, 0.5) is 0 Å². The third kappa shape index (κ3) is 4.03. The van der Waals surface area contributed by atoms with Crippen molar-refractivity contribution >= 4 is 39.2 Å². The van der Waals surface area contributed by atoms with Crippen molar-refractivity contribution in [1.29, 1.82) is 0 Å². The highest BCUT2D eigenvalue weighted by atomic mass is 32.2. The normalized spacial score (nSPS) is 12.2. The average molecular weight is 439 g/mol. The van der Waals surface area contributed by atoms with E-state index in [1.165, 1.54) is 16.4 Å². The Morgan fingerprint density at radius 2 is 1.93 bits per heavy atom. The number of para-hydroxylation sites is 1. The molecule has 1 amide bonds. The second-order valence-corrected chi connectivity index (χ2v) is 9.04. The third-order valence-electron chi connectivity index (χ3n) is 4.94. The van der Waals surface area contributed by atoms with E-state index in [4.69, 9.17) is 5.84 Å². The van der Waals surface area contributed by atoms with Gasteiger partial charge >= 0.3 is 0 Å². The number of fused-ring (bicyclic) bond motifs is 1. The Bertz CT molecular complexity index is 1150. The first kappa shape index (κ1) is 20.4. The van der Waals surface area contributed by atoms with Crippen LogP contribution in [0.3, 0.4) is 0 Å². The predicted molar refractivity (Wildman–Crippen MR) is 122 cm³/mol. The molecule has 2 aromatic heterocycles. The predicted octanol–water partition coefficient (Wildman–Crippen LogP) is 3.89. The van der Waals surface area contributed by atoms with E-state index in [2.05, 4.69) is 15.2 Å². The average Bonchev–Trinajstić information content (AvgIpc) is 3.35. The quantitative estimate of drug-likeness (QED) is 0.363. The summed E-state index contributed by atoms with van der Waals surface area (Å²) in [7, 11) is 1.80. The highest BCUT2D eigenvalue weighted by Gasteiger charge is 2.22. The minimum atomic E-state index is -0.116. The van der Waals surface area contributed by atoms with Gasteiger partial charge in [-0.2, -0.15) is 0 Å². The van der Waals surface area contributed by atoms with E-state index in [9.17, 15) is 4.79 Å². The van der Waals surface area contributed by atoms with Gasteiger partial charge in [0, 0.05) is 12.6 Å². The fourth-order valence-electron chi connectivity index (χ4n) is 2.95. The van der Waals surface area contributed by atoms with Crippen LogP contribution in [0.1, 0.15) is 23.5 Å². The van der Waals surface area contributed by atoms with E-state index < -0.39 is 0 Å². The SMILES string of the molecule is Cc1ccc(-c2nnc(SCC(=O)N(C)C(C)c3nc4ccccc4s3)n2N)cc1. The summed E-state index contributed by atoms with van der Waals surface area (Å²) in [6.45, 7) is 4.01. The summed E-state index contributed by atoms with van der Waals surface area (Å²) in [4.78, 5) is 19.1. The zero-order chi connectivity index (χ0) is 21.3. The first-order valence-electron chi connectivity index (χ1n) is 9.45. The highest BCUT2D eigenvalue weighted by molar-refractivity contribution is 7.99. The van der Waals surface area contributed by atoms with Crippen LogP contribution in [-0.4, -0.2) is 43.5 Å². The van der Waals surface area contributed by atoms with Crippen molar-refractivity contribution in [3.63, 3.8) is 0 Å². The molecule has 30 heavy (non-hydrogen) atoms. The molecule has 154 valence electrons. The number of nitrogen functional groups attached to an aromatic ring is 1. The lowest BCUT2D eigenvalue weighted by Crippen LogP contribution is -2.31. The molecule has 4 aromatic rings. The number of carbonyl (C=O) groups is 1. The number of benzene rings is 2. The first-order valence-corrected chi connectivity index (χ1v) is 11.3. The zero-order valence-electron chi connectivity index (χ0n) is 16.9. The van der Waals surface area contributed by atoms with Gasteiger partial charge in [0.25, 0.3) is 0 Å². The molecule has 0 spiro atoms. The van der Waals surface area contributed by atoms with Gasteiger partial charge in [-0.25, -0.2) is 9.66 Å². The standard InChI is InChI=1S/C21H22N6OS2/c1-13-8-10-15(11-9-13)19-24-25-21(27(19)22)29-12-18(28)26(3)14(2)20-23-16-6-4-5-7-17(16)30-20/h4-11,14H,12,22H2,1-3H3. The molecule has 1 atom stereocenters. The van der Waals surface area contributed by atoms with Crippen LogP contribution in [0, 0.1) is 6.92 Å². The topological polar surface area (TPSA) is 89.9 Å². The summed E-state index contributed by atoms with van der Waals surface area (Å²) in [6, 6.07) is 15.8. The van der Waals surface area contributed by atoms with Crippen LogP contribution in [0.2, 0.25) is 0 Å². The highest BCUT2D eigenvalue weighted by Crippen LogP contribution is 2.29. The number of aryl methyl sites for hydroxylation is 1. The number of thioether (sulfide) groups is 1. The largest absolute Gasteiger partial charge is 0.336 e. The van der Waals surface area contributed by atoms with Crippen LogP contribution < -0.4 is 5.84 Å². The Kier molecular flexibility index (Phi) is 5.74. The van der Waals surface area contributed by atoms with Gasteiger partial charge < -0.3 is 10.7 Å². The molecule has 0 saturated carbocycles. The lowest BCUT2D eigenvalue weighted by molar-refractivity contribution is -0.128. The van der Waals surface area contributed by atoms with Crippen molar-refractivity contribution in [1.82, 2.24) is 24.8 Å². The lowest BCUT2D eigenvalue weighted by Gasteiger charge is -2.23. The van der Waals surface area contributed by atoms with E-state index in [-0.39, 0.29) is 17.7 Å². The fourth-order valence-corrected chi connectivity index (χ4v) is 4.80. The molecule has 2 N–H and O–H groups in total. The van der Waals surface area contributed by atoms with Crippen molar-refractivity contribution in [3.05, 3.63) is 59.1 Å². The first-order chi connectivity index (χ1) is 14.4. The lowest BCUT2D eigenvalue weighted by atomic mass is 10.1. The second kappa shape index (κ2) is 8.45. The zero-order valence-corrected chi connectivity index (χ0v) is 18.6. The van der Waals surface area contributed by atoms with Gasteiger partial charge in [-0.3, -0.25) is 4.79 Å². The number of nitrogens with zero attached hydrogens (tertiary/aromatic N) is 5. The minimum absolute atomic E-state index is 0.0216. The number of carbonyl (C=O) groups excluding carboxylic acids is 1. The number of nitrogens with two attached hydrogens (primary N) is 1. The number of hydrogen-bond acceptors (Lipinski definition) is 7. The van der Waals surface area contributed by atoms with E-state index in [0.717, 1.165) is 26.4 Å². The number of hydrogen-bond donors (Lipinski definition) is 1. The Labute approximate surface area is 182 Å². The molecule has 4 rings (SSSR count). The molecule has 2 heterocycles. The summed E-state index contributed by atoms with van der Waals surface area (Å²) in [5.74, 6) is 6.93. The third-order valence-corrected chi connectivity index (χ3v) is 7.08. The van der Waals surface area contributed by atoms with Crippen LogP contribution in [0.15, 0.2) is 53.7 Å². The van der Waals surface area contributed by atoms with Crippen LogP contribution in [0.25, 0.3) is 21.6 Å².